The number of terminal acetylenes is 1. The summed E-state index contributed by atoms with van der Waals surface area (Å²) < 4.78 is 12.7. The van der Waals surface area contributed by atoms with Gasteiger partial charge in [-0.1, -0.05) is 15.2 Å². The van der Waals surface area contributed by atoms with Crippen molar-refractivity contribution in [3.8, 4) is 12.3 Å². The topological polar surface area (TPSA) is 20.3 Å². The minimum atomic E-state index is -1.13. The average Bonchev–Trinajstić information content (AvgIpc) is 2.13. The average molecular weight is 142 g/mol. The van der Waals surface area contributed by atoms with Crippen LogP contribution >= 0.6 is 7.95 Å². The Bertz CT molecular complexity index is 172. The van der Waals surface area contributed by atoms with Crippen molar-refractivity contribution in [2.24, 2.45) is 5.92 Å². The fourth-order valence-corrected chi connectivity index (χ4v) is 2.16. The Morgan fingerprint density at radius 2 is 2.56 bits per heavy atom. The molecule has 0 radical (unpaired) electrons. The van der Waals surface area contributed by atoms with E-state index in [9.17, 15) is 4.57 Å². The van der Waals surface area contributed by atoms with Crippen LogP contribution < -0.4 is 0 Å². The van der Waals surface area contributed by atoms with E-state index in [0.717, 1.165) is 6.54 Å². The molecule has 0 aromatic heterocycles. The molecule has 2 nitrogen and oxygen atoms in total. The molecule has 9 heavy (non-hydrogen) atoms. The van der Waals surface area contributed by atoms with Gasteiger partial charge in [0, 0.05) is 7.05 Å². The summed E-state index contributed by atoms with van der Waals surface area (Å²) >= 11 is 0. The van der Waals surface area contributed by atoms with Crippen LogP contribution in [-0.4, -0.2) is 24.4 Å². The SMILES string of the molecule is C#CC1CN(C)[P+](=O)C1. The van der Waals surface area contributed by atoms with E-state index in [1.807, 2.05) is 11.7 Å². The molecule has 2 unspecified atom stereocenters. The van der Waals surface area contributed by atoms with Crippen LogP contribution in [0.15, 0.2) is 0 Å². The molecule has 1 fully saturated rings. The molecule has 0 amide bonds. The van der Waals surface area contributed by atoms with Crippen molar-refractivity contribution < 1.29 is 4.57 Å². The molecular formula is C6H9NOP+. The molecule has 0 N–H and O–H groups in total. The molecule has 0 saturated carbocycles. The van der Waals surface area contributed by atoms with E-state index < -0.39 is 7.95 Å². The van der Waals surface area contributed by atoms with E-state index >= 15 is 0 Å². The highest BCUT2D eigenvalue weighted by atomic mass is 31.1. The number of hydrogen-bond donors (Lipinski definition) is 0. The minimum absolute atomic E-state index is 0.221. The summed E-state index contributed by atoms with van der Waals surface area (Å²) in [5.74, 6) is 2.82. The van der Waals surface area contributed by atoms with Gasteiger partial charge in [0.05, 0.1) is 12.5 Å². The molecule has 0 aromatic carbocycles. The van der Waals surface area contributed by atoms with Crippen LogP contribution in [0.4, 0.5) is 0 Å². The third kappa shape index (κ3) is 1.30. The summed E-state index contributed by atoms with van der Waals surface area (Å²) in [4.78, 5) is 0. The summed E-state index contributed by atoms with van der Waals surface area (Å²) in [6.07, 6.45) is 5.84. The van der Waals surface area contributed by atoms with Crippen LogP contribution in [0.1, 0.15) is 0 Å². The lowest BCUT2D eigenvalue weighted by Crippen LogP contribution is -2.08. The van der Waals surface area contributed by atoms with Crippen molar-refractivity contribution in [2.45, 2.75) is 0 Å². The van der Waals surface area contributed by atoms with E-state index in [-0.39, 0.29) is 5.92 Å². The molecule has 0 spiro atoms. The zero-order valence-corrected chi connectivity index (χ0v) is 6.27. The Hall–Kier alpha value is -0.380. The van der Waals surface area contributed by atoms with Crippen LogP contribution in [0.25, 0.3) is 0 Å². The lowest BCUT2D eigenvalue weighted by Gasteiger charge is -1.91. The van der Waals surface area contributed by atoms with Crippen LogP contribution in [-0.2, 0) is 4.57 Å². The van der Waals surface area contributed by atoms with Crippen molar-refractivity contribution >= 4 is 7.95 Å². The third-order valence-electron chi connectivity index (χ3n) is 1.48. The largest absolute Gasteiger partial charge is 0.435 e. The second-order valence-corrected chi connectivity index (χ2v) is 3.99. The van der Waals surface area contributed by atoms with Gasteiger partial charge < -0.3 is 0 Å². The fraction of sp³-hybridized carbons (Fsp3) is 0.667. The molecule has 0 bridgehead atoms. The molecule has 1 heterocycles. The normalized spacial score (nSPS) is 32.4. The maximum atomic E-state index is 10.9. The quantitative estimate of drug-likeness (QED) is 0.370. The van der Waals surface area contributed by atoms with Crippen LogP contribution in [0.2, 0.25) is 0 Å². The number of hydrogen-bond acceptors (Lipinski definition) is 1. The smallest absolute Gasteiger partial charge is 0.120 e. The van der Waals surface area contributed by atoms with Crippen LogP contribution in [0, 0.1) is 18.3 Å². The van der Waals surface area contributed by atoms with Gasteiger partial charge in [-0.05, 0) is 0 Å². The summed E-state index contributed by atoms with van der Waals surface area (Å²) in [5, 5.41) is 0. The third-order valence-corrected chi connectivity index (χ3v) is 3.16. The maximum Gasteiger partial charge on any atom is 0.435 e. The monoisotopic (exact) mass is 142 g/mol. The van der Waals surface area contributed by atoms with Gasteiger partial charge in [0.2, 0.25) is 0 Å². The summed E-state index contributed by atoms with van der Waals surface area (Å²) in [5.41, 5.74) is 0. The molecule has 1 aliphatic rings. The second kappa shape index (κ2) is 2.47. The summed E-state index contributed by atoms with van der Waals surface area (Å²) in [7, 11) is 0.713. The molecule has 0 aliphatic carbocycles. The van der Waals surface area contributed by atoms with Crippen molar-refractivity contribution in [3.63, 3.8) is 0 Å². The Balaban J connectivity index is 2.57. The molecule has 3 heteroatoms. The molecule has 1 saturated heterocycles. The van der Waals surface area contributed by atoms with Gasteiger partial charge in [-0.15, -0.1) is 6.42 Å². The van der Waals surface area contributed by atoms with Gasteiger partial charge in [0.1, 0.15) is 0 Å². The molecule has 48 valence electrons. The number of nitrogens with zero attached hydrogens (tertiary/aromatic N) is 1. The highest BCUT2D eigenvalue weighted by molar-refractivity contribution is 7.42. The van der Waals surface area contributed by atoms with Gasteiger partial charge in [-0.3, -0.25) is 0 Å². The Labute approximate surface area is 56.1 Å². The van der Waals surface area contributed by atoms with E-state index in [4.69, 9.17) is 6.42 Å². The zero-order chi connectivity index (χ0) is 6.85. The highest BCUT2D eigenvalue weighted by Gasteiger charge is 2.37. The van der Waals surface area contributed by atoms with E-state index in [2.05, 4.69) is 5.92 Å². The van der Waals surface area contributed by atoms with Gasteiger partial charge in [0.15, 0.2) is 6.16 Å². The van der Waals surface area contributed by atoms with Gasteiger partial charge in [-0.2, -0.15) is 0 Å². The van der Waals surface area contributed by atoms with Crippen molar-refractivity contribution in [2.75, 3.05) is 19.8 Å². The first kappa shape index (κ1) is 6.74. The molecular weight excluding hydrogens is 133 g/mol. The Morgan fingerprint density at radius 3 is 2.78 bits per heavy atom. The Morgan fingerprint density at radius 1 is 1.89 bits per heavy atom. The second-order valence-electron chi connectivity index (χ2n) is 2.24. The molecule has 0 aromatic rings. The van der Waals surface area contributed by atoms with Crippen molar-refractivity contribution in [3.05, 3.63) is 0 Å². The number of rotatable bonds is 0. The Kier molecular flexibility index (Phi) is 1.85. The summed E-state index contributed by atoms with van der Waals surface area (Å²) in [6.45, 7) is 0.797. The molecule has 1 rings (SSSR count). The first-order valence-corrected chi connectivity index (χ1v) is 4.25. The van der Waals surface area contributed by atoms with Gasteiger partial charge in [0.25, 0.3) is 0 Å². The molecule has 2 atom stereocenters. The summed E-state index contributed by atoms with van der Waals surface area (Å²) in [6, 6.07) is 0. The van der Waals surface area contributed by atoms with Crippen LogP contribution in [0.5, 0.6) is 0 Å². The van der Waals surface area contributed by atoms with Gasteiger partial charge in [-0.25, -0.2) is 0 Å². The van der Waals surface area contributed by atoms with Gasteiger partial charge >= 0.3 is 7.95 Å². The first-order chi connectivity index (χ1) is 4.24. The van der Waals surface area contributed by atoms with E-state index in [0.29, 0.717) is 6.16 Å². The predicted molar refractivity (Wildman–Crippen MR) is 37.4 cm³/mol. The van der Waals surface area contributed by atoms with Crippen molar-refractivity contribution in [1.29, 1.82) is 0 Å². The lowest BCUT2D eigenvalue weighted by atomic mass is 10.2. The highest BCUT2D eigenvalue weighted by Crippen LogP contribution is 2.35. The van der Waals surface area contributed by atoms with Crippen LogP contribution in [0.3, 0.4) is 0 Å². The first-order valence-electron chi connectivity index (χ1n) is 2.86. The van der Waals surface area contributed by atoms with E-state index in [1.54, 1.807) is 0 Å². The standard InChI is InChI=1S/C6H9NOP/c1-3-6-4-7(2)9(8)5-6/h1,6H,4-5H2,2H3/q+1. The van der Waals surface area contributed by atoms with E-state index in [1.165, 1.54) is 0 Å². The zero-order valence-electron chi connectivity index (χ0n) is 5.37. The fourth-order valence-electron chi connectivity index (χ4n) is 0.901. The molecule has 1 aliphatic heterocycles. The minimum Gasteiger partial charge on any atom is -0.120 e. The maximum absolute atomic E-state index is 10.9. The lowest BCUT2D eigenvalue weighted by molar-refractivity contribution is 0.503. The predicted octanol–water partition coefficient (Wildman–Crippen LogP) is 0.924. The van der Waals surface area contributed by atoms with Crippen molar-refractivity contribution in [1.82, 2.24) is 4.67 Å².